The highest BCUT2D eigenvalue weighted by molar-refractivity contribution is 5.87. The number of carbonyl (C=O) groups excluding carboxylic acids is 1. The quantitative estimate of drug-likeness (QED) is 0.741. The molecule has 0 radical (unpaired) electrons. The van der Waals surface area contributed by atoms with E-state index in [0.29, 0.717) is 24.0 Å². The van der Waals surface area contributed by atoms with Crippen molar-refractivity contribution in [2.45, 2.75) is 19.3 Å². The van der Waals surface area contributed by atoms with E-state index < -0.39 is 13.0 Å². The van der Waals surface area contributed by atoms with Crippen molar-refractivity contribution in [3.05, 3.63) is 24.5 Å². The Balaban J connectivity index is 1.43. The number of carbonyl (C=O) groups is 1. The standard InChI is InChI=1S/C21H27F2N5O2/c1-26-6-2-3-15(12-26)21(29)28-9-7-27(8-10-28)16-4-5-18-17(11-16)20(25-14-24-18)30-13-19(22)23/h4-5,11,14-15,19H,2-3,6-10,12-13H2,1H3. The van der Waals surface area contributed by atoms with Crippen molar-refractivity contribution in [3.63, 3.8) is 0 Å². The molecule has 2 saturated heterocycles. The van der Waals surface area contributed by atoms with Gasteiger partial charge in [-0.25, -0.2) is 18.7 Å². The van der Waals surface area contributed by atoms with Crippen LogP contribution in [0, 0.1) is 5.92 Å². The van der Waals surface area contributed by atoms with Crippen LogP contribution in [-0.4, -0.2) is 85.0 Å². The van der Waals surface area contributed by atoms with E-state index in [9.17, 15) is 13.6 Å². The van der Waals surface area contributed by atoms with Gasteiger partial charge in [-0.15, -0.1) is 0 Å². The Morgan fingerprint density at radius 3 is 2.73 bits per heavy atom. The molecule has 0 N–H and O–H groups in total. The molecule has 30 heavy (non-hydrogen) atoms. The highest BCUT2D eigenvalue weighted by Crippen LogP contribution is 2.28. The zero-order valence-electron chi connectivity index (χ0n) is 17.1. The van der Waals surface area contributed by atoms with Crippen LogP contribution in [0.2, 0.25) is 0 Å². The van der Waals surface area contributed by atoms with Gasteiger partial charge in [0.25, 0.3) is 6.43 Å². The second kappa shape index (κ2) is 9.07. The van der Waals surface area contributed by atoms with E-state index >= 15 is 0 Å². The number of nitrogens with zero attached hydrogens (tertiary/aromatic N) is 5. The second-order valence-corrected chi connectivity index (χ2v) is 8.00. The molecule has 162 valence electrons. The van der Waals surface area contributed by atoms with Gasteiger partial charge in [0.1, 0.15) is 6.33 Å². The van der Waals surface area contributed by atoms with E-state index in [-0.39, 0.29) is 17.7 Å². The number of piperazine rings is 1. The number of halogens is 2. The molecule has 2 aliphatic heterocycles. The zero-order chi connectivity index (χ0) is 21.1. The van der Waals surface area contributed by atoms with Crippen LogP contribution in [-0.2, 0) is 4.79 Å². The second-order valence-electron chi connectivity index (χ2n) is 8.00. The molecule has 0 spiro atoms. The van der Waals surface area contributed by atoms with Crippen LogP contribution in [0.1, 0.15) is 12.8 Å². The SMILES string of the molecule is CN1CCCC(C(=O)N2CCN(c3ccc4ncnc(OCC(F)F)c4c3)CC2)C1. The average Bonchev–Trinajstić information content (AvgIpc) is 2.77. The Labute approximate surface area is 174 Å². The van der Waals surface area contributed by atoms with Crippen LogP contribution in [0.5, 0.6) is 5.88 Å². The van der Waals surface area contributed by atoms with Crippen molar-refractivity contribution in [1.82, 2.24) is 19.8 Å². The Hall–Kier alpha value is -2.55. The van der Waals surface area contributed by atoms with Crippen molar-refractivity contribution >= 4 is 22.5 Å². The number of piperidine rings is 1. The van der Waals surface area contributed by atoms with Crippen molar-refractivity contribution < 1.29 is 18.3 Å². The van der Waals surface area contributed by atoms with Crippen LogP contribution < -0.4 is 9.64 Å². The van der Waals surface area contributed by atoms with Gasteiger partial charge in [-0.1, -0.05) is 0 Å². The molecule has 0 bridgehead atoms. The largest absolute Gasteiger partial charge is 0.471 e. The molecule has 1 aromatic heterocycles. The first-order valence-electron chi connectivity index (χ1n) is 10.4. The number of ether oxygens (including phenoxy) is 1. The molecule has 0 saturated carbocycles. The number of anilines is 1. The predicted octanol–water partition coefficient (Wildman–Crippen LogP) is 2.26. The molecular weight excluding hydrogens is 392 g/mol. The third-order valence-electron chi connectivity index (χ3n) is 5.86. The topological polar surface area (TPSA) is 61.8 Å². The number of fused-ring (bicyclic) bond motifs is 1. The van der Waals surface area contributed by atoms with Gasteiger partial charge >= 0.3 is 0 Å². The van der Waals surface area contributed by atoms with Crippen molar-refractivity contribution in [1.29, 1.82) is 0 Å². The lowest BCUT2D eigenvalue weighted by molar-refractivity contribution is -0.137. The Kier molecular flexibility index (Phi) is 6.26. The number of benzene rings is 1. The summed E-state index contributed by atoms with van der Waals surface area (Å²) in [6.45, 7) is 4.00. The molecule has 7 nitrogen and oxygen atoms in total. The molecule has 3 heterocycles. The Morgan fingerprint density at radius 1 is 1.20 bits per heavy atom. The minimum absolute atomic E-state index is 0.0997. The van der Waals surface area contributed by atoms with E-state index in [1.165, 1.54) is 6.33 Å². The summed E-state index contributed by atoms with van der Waals surface area (Å²) >= 11 is 0. The van der Waals surface area contributed by atoms with Gasteiger partial charge in [0, 0.05) is 38.4 Å². The summed E-state index contributed by atoms with van der Waals surface area (Å²) < 4.78 is 30.2. The maximum absolute atomic E-state index is 12.9. The maximum atomic E-state index is 12.9. The predicted molar refractivity (Wildman–Crippen MR) is 110 cm³/mol. The molecule has 9 heteroatoms. The summed E-state index contributed by atoms with van der Waals surface area (Å²) in [4.78, 5) is 27.5. The van der Waals surface area contributed by atoms with E-state index in [1.807, 2.05) is 23.1 Å². The third-order valence-corrected chi connectivity index (χ3v) is 5.86. The molecule has 0 aliphatic carbocycles. The van der Waals surface area contributed by atoms with E-state index in [4.69, 9.17) is 4.74 Å². The summed E-state index contributed by atoms with van der Waals surface area (Å²) in [5.41, 5.74) is 1.59. The monoisotopic (exact) mass is 419 g/mol. The smallest absolute Gasteiger partial charge is 0.272 e. The highest BCUT2D eigenvalue weighted by Gasteiger charge is 2.30. The number of likely N-dealkylation sites (tertiary alicyclic amines) is 1. The van der Waals surface area contributed by atoms with Crippen LogP contribution in [0.25, 0.3) is 10.9 Å². The van der Waals surface area contributed by atoms with Crippen molar-refractivity contribution in [2.24, 2.45) is 5.92 Å². The maximum Gasteiger partial charge on any atom is 0.272 e. The fourth-order valence-electron chi connectivity index (χ4n) is 4.29. The minimum atomic E-state index is -2.56. The summed E-state index contributed by atoms with van der Waals surface area (Å²) in [5, 5.41) is 0.611. The normalized spacial score (nSPS) is 20.7. The van der Waals surface area contributed by atoms with Crippen molar-refractivity contribution in [3.8, 4) is 5.88 Å². The fourth-order valence-corrected chi connectivity index (χ4v) is 4.29. The summed E-state index contributed by atoms with van der Waals surface area (Å²) in [6.07, 6.45) is 0.792. The number of rotatable bonds is 5. The molecule has 1 unspecified atom stereocenters. The lowest BCUT2D eigenvalue weighted by Crippen LogP contribution is -2.52. The molecule has 1 aromatic carbocycles. The zero-order valence-corrected chi connectivity index (χ0v) is 17.1. The van der Waals surface area contributed by atoms with Crippen LogP contribution in [0.15, 0.2) is 24.5 Å². The Morgan fingerprint density at radius 2 is 2.00 bits per heavy atom. The van der Waals surface area contributed by atoms with E-state index in [1.54, 1.807) is 0 Å². The number of alkyl halides is 2. The summed E-state index contributed by atoms with van der Waals surface area (Å²) in [6, 6.07) is 5.68. The Bertz CT molecular complexity index is 889. The molecule has 2 aromatic rings. The third kappa shape index (κ3) is 4.61. The van der Waals surface area contributed by atoms with Gasteiger partial charge in [0.05, 0.1) is 16.8 Å². The average molecular weight is 419 g/mol. The number of hydrogen-bond acceptors (Lipinski definition) is 6. The summed E-state index contributed by atoms with van der Waals surface area (Å²) in [5.74, 6) is 0.524. The first-order valence-corrected chi connectivity index (χ1v) is 10.4. The number of amides is 1. The fraction of sp³-hybridized carbons (Fsp3) is 0.571. The first-order chi connectivity index (χ1) is 14.5. The van der Waals surface area contributed by atoms with Crippen LogP contribution in [0.4, 0.5) is 14.5 Å². The lowest BCUT2D eigenvalue weighted by Gasteiger charge is -2.39. The molecule has 2 aliphatic rings. The molecule has 1 atom stereocenters. The van der Waals surface area contributed by atoms with Gasteiger partial charge in [-0.2, -0.15) is 0 Å². The summed E-state index contributed by atoms with van der Waals surface area (Å²) in [7, 11) is 2.07. The number of hydrogen-bond donors (Lipinski definition) is 0. The molecule has 2 fully saturated rings. The highest BCUT2D eigenvalue weighted by atomic mass is 19.3. The van der Waals surface area contributed by atoms with Crippen LogP contribution >= 0.6 is 0 Å². The van der Waals surface area contributed by atoms with Gasteiger partial charge in [-0.3, -0.25) is 4.79 Å². The van der Waals surface area contributed by atoms with Gasteiger partial charge in [-0.05, 0) is 44.6 Å². The van der Waals surface area contributed by atoms with Crippen molar-refractivity contribution in [2.75, 3.05) is 57.8 Å². The lowest BCUT2D eigenvalue weighted by atomic mass is 9.96. The van der Waals surface area contributed by atoms with E-state index in [0.717, 1.165) is 44.7 Å². The minimum Gasteiger partial charge on any atom is -0.471 e. The molecule has 1 amide bonds. The molecule has 4 rings (SSSR count). The molecular formula is C21H27F2N5O2. The van der Waals surface area contributed by atoms with E-state index in [2.05, 4.69) is 26.8 Å². The van der Waals surface area contributed by atoms with Gasteiger partial charge in [0.15, 0.2) is 6.61 Å². The van der Waals surface area contributed by atoms with Crippen LogP contribution in [0.3, 0.4) is 0 Å². The van der Waals surface area contributed by atoms with Gasteiger partial charge in [0.2, 0.25) is 11.8 Å². The first kappa shape index (κ1) is 20.7. The van der Waals surface area contributed by atoms with Gasteiger partial charge < -0.3 is 19.4 Å². The number of aromatic nitrogens is 2.